The van der Waals surface area contributed by atoms with E-state index in [4.69, 9.17) is 0 Å². The van der Waals surface area contributed by atoms with E-state index in [2.05, 4.69) is 14.9 Å². The van der Waals surface area contributed by atoms with Gasteiger partial charge in [0.05, 0.1) is 12.4 Å². The van der Waals surface area contributed by atoms with Gasteiger partial charge in [-0.15, -0.1) is 0 Å². The Kier molecular flexibility index (Phi) is 3.85. The third-order valence-corrected chi connectivity index (χ3v) is 4.69. The summed E-state index contributed by atoms with van der Waals surface area (Å²) in [6.07, 6.45) is 15.0. The van der Waals surface area contributed by atoms with E-state index < -0.39 is 0 Å². The number of amides is 1. The molecule has 1 N–H and O–H groups in total. The fraction of sp³-hybridized carbons (Fsp3) is 0.733. The van der Waals surface area contributed by atoms with Gasteiger partial charge in [0, 0.05) is 24.4 Å². The van der Waals surface area contributed by atoms with Crippen LogP contribution < -0.4 is 5.32 Å². The van der Waals surface area contributed by atoms with E-state index in [0.29, 0.717) is 12.1 Å². The molecule has 2 aliphatic carbocycles. The number of imidazole rings is 1. The molecule has 3 rings (SSSR count). The Bertz CT molecular complexity index is 409. The van der Waals surface area contributed by atoms with Crippen LogP contribution in [0.1, 0.15) is 57.4 Å². The highest BCUT2D eigenvalue weighted by Crippen LogP contribution is 2.31. The van der Waals surface area contributed by atoms with E-state index >= 15 is 0 Å². The van der Waals surface area contributed by atoms with Gasteiger partial charge in [-0.2, -0.15) is 0 Å². The molecule has 0 radical (unpaired) electrons. The van der Waals surface area contributed by atoms with Crippen LogP contribution in [0.5, 0.6) is 0 Å². The molecular weight excluding hydrogens is 238 g/mol. The van der Waals surface area contributed by atoms with Crippen molar-refractivity contribution < 1.29 is 4.79 Å². The Morgan fingerprint density at radius 3 is 2.68 bits per heavy atom. The predicted molar refractivity (Wildman–Crippen MR) is 73.6 cm³/mol. The average molecular weight is 261 g/mol. The summed E-state index contributed by atoms with van der Waals surface area (Å²) in [6.45, 7) is 0. The molecule has 2 aliphatic rings. The summed E-state index contributed by atoms with van der Waals surface area (Å²) >= 11 is 0. The van der Waals surface area contributed by atoms with Gasteiger partial charge in [0.2, 0.25) is 5.91 Å². The van der Waals surface area contributed by atoms with Gasteiger partial charge >= 0.3 is 0 Å². The summed E-state index contributed by atoms with van der Waals surface area (Å²) in [5.41, 5.74) is 0. The molecule has 1 aromatic rings. The topological polar surface area (TPSA) is 46.9 Å². The minimum absolute atomic E-state index is 0.262. The molecule has 2 atom stereocenters. The summed E-state index contributed by atoms with van der Waals surface area (Å²) in [6, 6.07) is 0.693. The van der Waals surface area contributed by atoms with Crippen LogP contribution in [0.2, 0.25) is 0 Å². The molecule has 1 aromatic heterocycles. The zero-order valence-corrected chi connectivity index (χ0v) is 11.4. The molecule has 104 valence electrons. The highest BCUT2D eigenvalue weighted by atomic mass is 16.1. The fourth-order valence-electron chi connectivity index (χ4n) is 3.60. The maximum Gasteiger partial charge on any atom is 0.223 e. The third kappa shape index (κ3) is 2.82. The van der Waals surface area contributed by atoms with Crippen molar-refractivity contribution in [3.8, 4) is 0 Å². The van der Waals surface area contributed by atoms with Crippen LogP contribution >= 0.6 is 0 Å². The molecule has 0 saturated heterocycles. The average Bonchev–Trinajstić information content (AvgIpc) is 3.10. The maximum absolute atomic E-state index is 12.3. The van der Waals surface area contributed by atoms with Crippen LogP contribution in [-0.4, -0.2) is 21.5 Å². The zero-order valence-electron chi connectivity index (χ0n) is 11.4. The van der Waals surface area contributed by atoms with E-state index in [0.717, 1.165) is 25.7 Å². The van der Waals surface area contributed by atoms with Crippen molar-refractivity contribution in [1.29, 1.82) is 0 Å². The number of hydrogen-bond donors (Lipinski definition) is 1. The van der Waals surface area contributed by atoms with E-state index in [1.807, 2.05) is 18.7 Å². The van der Waals surface area contributed by atoms with Crippen LogP contribution in [0.4, 0.5) is 0 Å². The van der Waals surface area contributed by atoms with Crippen LogP contribution in [0, 0.1) is 5.92 Å². The molecule has 2 fully saturated rings. The van der Waals surface area contributed by atoms with Crippen molar-refractivity contribution in [2.45, 2.75) is 63.5 Å². The molecule has 19 heavy (non-hydrogen) atoms. The molecule has 0 bridgehead atoms. The van der Waals surface area contributed by atoms with Gasteiger partial charge in [0.25, 0.3) is 0 Å². The third-order valence-electron chi connectivity index (χ3n) is 4.69. The lowest BCUT2D eigenvalue weighted by molar-refractivity contribution is -0.126. The number of aromatic nitrogens is 2. The quantitative estimate of drug-likeness (QED) is 0.909. The summed E-state index contributed by atoms with van der Waals surface area (Å²) in [5, 5.41) is 3.30. The van der Waals surface area contributed by atoms with Crippen molar-refractivity contribution in [2.24, 2.45) is 5.92 Å². The molecule has 2 saturated carbocycles. The SMILES string of the molecule is O=C(N[C@@H]1CCC[C@@H]1n1ccnc1)C1CCCCC1. The second kappa shape index (κ2) is 5.76. The van der Waals surface area contributed by atoms with Gasteiger partial charge in [-0.3, -0.25) is 4.79 Å². The molecule has 0 unspecified atom stereocenters. The van der Waals surface area contributed by atoms with Crippen molar-refractivity contribution in [3.05, 3.63) is 18.7 Å². The molecule has 1 amide bonds. The Labute approximate surface area is 114 Å². The molecule has 0 aliphatic heterocycles. The Balaban J connectivity index is 1.60. The van der Waals surface area contributed by atoms with Crippen molar-refractivity contribution in [1.82, 2.24) is 14.9 Å². The summed E-state index contributed by atoms with van der Waals surface area (Å²) in [4.78, 5) is 16.5. The minimum atomic E-state index is 0.262. The van der Waals surface area contributed by atoms with Crippen molar-refractivity contribution >= 4 is 5.91 Å². The summed E-state index contributed by atoms with van der Waals surface area (Å²) in [7, 11) is 0. The monoisotopic (exact) mass is 261 g/mol. The smallest absolute Gasteiger partial charge is 0.223 e. The number of hydrogen-bond acceptors (Lipinski definition) is 2. The normalized spacial score (nSPS) is 28.4. The first-order valence-corrected chi connectivity index (χ1v) is 7.62. The van der Waals surface area contributed by atoms with Crippen LogP contribution in [0.3, 0.4) is 0 Å². The summed E-state index contributed by atoms with van der Waals surface area (Å²) < 4.78 is 2.15. The highest BCUT2D eigenvalue weighted by molar-refractivity contribution is 5.79. The minimum Gasteiger partial charge on any atom is -0.351 e. The van der Waals surface area contributed by atoms with Crippen LogP contribution in [-0.2, 0) is 4.79 Å². The zero-order chi connectivity index (χ0) is 13.1. The number of nitrogens with one attached hydrogen (secondary N) is 1. The Morgan fingerprint density at radius 2 is 1.95 bits per heavy atom. The standard InChI is InChI=1S/C15H23N3O/c19-15(12-5-2-1-3-6-12)17-13-7-4-8-14(13)18-10-9-16-11-18/h9-14H,1-8H2,(H,17,19)/t13-,14+/m1/s1. The van der Waals surface area contributed by atoms with E-state index in [1.54, 1.807) is 0 Å². The van der Waals surface area contributed by atoms with Crippen LogP contribution in [0.25, 0.3) is 0 Å². The molecular formula is C15H23N3O. The maximum atomic E-state index is 12.3. The Morgan fingerprint density at radius 1 is 1.11 bits per heavy atom. The predicted octanol–water partition coefficient (Wildman–Crippen LogP) is 2.67. The number of carbonyl (C=O) groups excluding carboxylic acids is 1. The van der Waals surface area contributed by atoms with Gasteiger partial charge in [-0.1, -0.05) is 19.3 Å². The molecule has 1 heterocycles. The van der Waals surface area contributed by atoms with Gasteiger partial charge in [-0.25, -0.2) is 4.98 Å². The lowest BCUT2D eigenvalue weighted by atomic mass is 9.88. The van der Waals surface area contributed by atoms with Gasteiger partial charge in [0.1, 0.15) is 0 Å². The first-order valence-electron chi connectivity index (χ1n) is 7.62. The van der Waals surface area contributed by atoms with Crippen LogP contribution in [0.15, 0.2) is 18.7 Å². The van der Waals surface area contributed by atoms with Gasteiger partial charge in [0.15, 0.2) is 0 Å². The molecule has 0 aromatic carbocycles. The second-order valence-corrected chi connectivity index (χ2v) is 5.96. The lowest BCUT2D eigenvalue weighted by Crippen LogP contribution is -2.41. The van der Waals surface area contributed by atoms with E-state index in [1.165, 1.54) is 25.7 Å². The van der Waals surface area contributed by atoms with E-state index in [-0.39, 0.29) is 11.8 Å². The molecule has 4 heteroatoms. The number of nitrogens with zero attached hydrogens (tertiary/aromatic N) is 2. The number of rotatable bonds is 3. The highest BCUT2D eigenvalue weighted by Gasteiger charge is 2.31. The van der Waals surface area contributed by atoms with Gasteiger partial charge in [-0.05, 0) is 32.1 Å². The first-order chi connectivity index (χ1) is 9.34. The largest absolute Gasteiger partial charge is 0.351 e. The Hall–Kier alpha value is -1.32. The van der Waals surface area contributed by atoms with Crippen molar-refractivity contribution in [3.63, 3.8) is 0 Å². The first kappa shape index (κ1) is 12.7. The van der Waals surface area contributed by atoms with E-state index in [9.17, 15) is 4.79 Å². The second-order valence-electron chi connectivity index (χ2n) is 5.96. The fourth-order valence-corrected chi connectivity index (χ4v) is 3.60. The molecule has 4 nitrogen and oxygen atoms in total. The van der Waals surface area contributed by atoms with Gasteiger partial charge < -0.3 is 9.88 Å². The lowest BCUT2D eigenvalue weighted by Gasteiger charge is -2.26. The molecule has 0 spiro atoms. The van der Waals surface area contributed by atoms with Crippen molar-refractivity contribution in [2.75, 3.05) is 0 Å². The summed E-state index contributed by atoms with van der Waals surface area (Å²) in [5.74, 6) is 0.550. The number of carbonyl (C=O) groups is 1.